The van der Waals surface area contributed by atoms with Crippen molar-refractivity contribution in [3.05, 3.63) is 235 Å². The molecular weight excluding hydrogens is 715 g/mol. The predicted octanol–water partition coefficient (Wildman–Crippen LogP) is 15.4. The van der Waals surface area contributed by atoms with Crippen LogP contribution in [0.5, 0.6) is 0 Å². The lowest BCUT2D eigenvalue weighted by atomic mass is 9.70. The van der Waals surface area contributed by atoms with Gasteiger partial charge in [-0.1, -0.05) is 164 Å². The molecule has 0 N–H and O–H groups in total. The van der Waals surface area contributed by atoms with Gasteiger partial charge in [0.1, 0.15) is 11.2 Å². The lowest BCUT2D eigenvalue weighted by molar-refractivity contribution is 0.669. The Hall–Kier alpha value is -7.68. The molecule has 59 heavy (non-hydrogen) atoms. The summed E-state index contributed by atoms with van der Waals surface area (Å²) in [5.74, 6) is 0. The molecule has 10 aromatic carbocycles. The van der Waals surface area contributed by atoms with Gasteiger partial charge in [-0.2, -0.15) is 0 Å². The van der Waals surface area contributed by atoms with Crippen molar-refractivity contribution in [2.24, 2.45) is 0 Å². The van der Waals surface area contributed by atoms with Gasteiger partial charge in [0.15, 0.2) is 0 Å². The van der Waals surface area contributed by atoms with E-state index in [0.717, 1.165) is 39.0 Å². The molecule has 274 valence electrons. The van der Waals surface area contributed by atoms with E-state index in [9.17, 15) is 0 Å². The molecule has 0 amide bonds. The highest BCUT2D eigenvalue weighted by molar-refractivity contribution is 6.14. The van der Waals surface area contributed by atoms with Crippen LogP contribution in [0.15, 0.2) is 217 Å². The van der Waals surface area contributed by atoms with Crippen LogP contribution < -0.4 is 4.90 Å². The second-order valence-electron chi connectivity index (χ2n) is 16.0. The first-order valence-corrected chi connectivity index (χ1v) is 20.4. The van der Waals surface area contributed by atoms with Crippen molar-refractivity contribution in [2.45, 2.75) is 5.41 Å². The van der Waals surface area contributed by atoms with Gasteiger partial charge in [-0.3, -0.25) is 0 Å². The van der Waals surface area contributed by atoms with Gasteiger partial charge in [-0.25, -0.2) is 0 Å². The van der Waals surface area contributed by atoms with Gasteiger partial charge in [0, 0.05) is 16.8 Å². The Labute approximate surface area is 341 Å². The molecular formula is C57H35NO. The average molecular weight is 750 g/mol. The average Bonchev–Trinajstić information content (AvgIpc) is 3.93. The molecule has 0 radical (unpaired) electrons. The zero-order chi connectivity index (χ0) is 38.7. The summed E-state index contributed by atoms with van der Waals surface area (Å²) < 4.78 is 6.51. The summed E-state index contributed by atoms with van der Waals surface area (Å²) in [5, 5.41) is 7.11. The molecule has 0 saturated carbocycles. The molecule has 0 aliphatic heterocycles. The first-order chi connectivity index (χ1) is 29.3. The van der Waals surface area contributed by atoms with Crippen LogP contribution in [0.3, 0.4) is 0 Å². The van der Waals surface area contributed by atoms with Gasteiger partial charge in [-0.05, 0) is 126 Å². The maximum absolute atomic E-state index is 6.51. The van der Waals surface area contributed by atoms with Crippen LogP contribution in [-0.2, 0) is 5.41 Å². The third kappa shape index (κ3) is 4.46. The Morgan fingerprint density at radius 2 is 0.881 bits per heavy atom. The highest BCUT2D eigenvalue weighted by Gasteiger charge is 2.51. The zero-order valence-electron chi connectivity index (χ0n) is 32.1. The number of nitrogens with zero attached hydrogens (tertiary/aromatic N) is 1. The third-order valence-corrected chi connectivity index (χ3v) is 13.0. The minimum absolute atomic E-state index is 0.448. The molecule has 0 unspecified atom stereocenters. The van der Waals surface area contributed by atoms with E-state index in [2.05, 4.69) is 211 Å². The summed E-state index contributed by atoms with van der Waals surface area (Å²) in [6.07, 6.45) is 0. The zero-order valence-corrected chi connectivity index (χ0v) is 32.1. The van der Waals surface area contributed by atoms with Crippen molar-refractivity contribution in [1.82, 2.24) is 0 Å². The van der Waals surface area contributed by atoms with Gasteiger partial charge in [0.2, 0.25) is 0 Å². The second kappa shape index (κ2) is 12.2. The van der Waals surface area contributed by atoms with Crippen LogP contribution in [0.1, 0.15) is 22.3 Å². The highest BCUT2D eigenvalue weighted by atomic mass is 16.3. The minimum Gasteiger partial charge on any atom is -0.456 e. The van der Waals surface area contributed by atoms with Crippen molar-refractivity contribution >= 4 is 60.5 Å². The maximum atomic E-state index is 6.51. The van der Waals surface area contributed by atoms with E-state index in [1.54, 1.807) is 0 Å². The van der Waals surface area contributed by atoms with E-state index < -0.39 is 5.41 Å². The number of anilines is 3. The second-order valence-corrected chi connectivity index (χ2v) is 16.0. The van der Waals surface area contributed by atoms with E-state index in [0.29, 0.717) is 0 Å². The molecule has 0 atom stereocenters. The van der Waals surface area contributed by atoms with Gasteiger partial charge in [0.05, 0.1) is 16.5 Å². The fourth-order valence-corrected chi connectivity index (χ4v) is 10.6. The molecule has 0 fully saturated rings. The van der Waals surface area contributed by atoms with Crippen LogP contribution in [0.2, 0.25) is 0 Å². The molecule has 1 spiro atoms. The first-order valence-electron chi connectivity index (χ1n) is 20.4. The van der Waals surface area contributed by atoms with Crippen LogP contribution in [0.25, 0.3) is 76.9 Å². The minimum atomic E-state index is -0.448. The van der Waals surface area contributed by atoms with Crippen molar-refractivity contribution in [1.29, 1.82) is 0 Å². The van der Waals surface area contributed by atoms with Gasteiger partial charge >= 0.3 is 0 Å². The Morgan fingerprint density at radius 1 is 0.339 bits per heavy atom. The van der Waals surface area contributed by atoms with Gasteiger partial charge in [0.25, 0.3) is 0 Å². The third-order valence-electron chi connectivity index (χ3n) is 13.0. The molecule has 1 heterocycles. The molecule has 13 rings (SSSR count). The smallest absolute Gasteiger partial charge is 0.137 e. The Balaban J connectivity index is 1.06. The summed E-state index contributed by atoms with van der Waals surface area (Å²) in [7, 11) is 0. The number of hydrogen-bond acceptors (Lipinski definition) is 2. The van der Waals surface area contributed by atoms with E-state index in [-0.39, 0.29) is 0 Å². The Morgan fingerprint density at radius 3 is 1.66 bits per heavy atom. The number of benzene rings is 10. The molecule has 2 aliphatic carbocycles. The quantitative estimate of drug-likeness (QED) is 0.178. The lowest BCUT2D eigenvalue weighted by Gasteiger charge is -2.32. The van der Waals surface area contributed by atoms with Crippen molar-refractivity contribution in [2.75, 3.05) is 4.90 Å². The van der Waals surface area contributed by atoms with Crippen LogP contribution in [-0.4, -0.2) is 0 Å². The van der Waals surface area contributed by atoms with Crippen molar-refractivity contribution < 1.29 is 4.42 Å². The largest absolute Gasteiger partial charge is 0.456 e. The summed E-state index contributed by atoms with van der Waals surface area (Å²) in [6.45, 7) is 0. The fourth-order valence-electron chi connectivity index (χ4n) is 10.6. The van der Waals surface area contributed by atoms with Crippen LogP contribution in [0.4, 0.5) is 17.1 Å². The van der Waals surface area contributed by atoms with Crippen molar-refractivity contribution in [3.63, 3.8) is 0 Å². The molecule has 2 aliphatic rings. The molecule has 11 aromatic rings. The number of hydrogen-bond donors (Lipinski definition) is 0. The normalized spacial score (nSPS) is 13.2. The monoisotopic (exact) mass is 749 g/mol. The SMILES string of the molecule is c1ccc2c(c1)-c1ccccc1C21c2ccccc2-c2ccc(N(c3ccc4cc(-c5cccc6ccccc56)ccc4c3)c3cccc4oc5ccccc5c34)cc21. The van der Waals surface area contributed by atoms with E-state index >= 15 is 0 Å². The van der Waals surface area contributed by atoms with Crippen LogP contribution >= 0.6 is 0 Å². The van der Waals surface area contributed by atoms with E-state index in [4.69, 9.17) is 4.42 Å². The maximum Gasteiger partial charge on any atom is 0.137 e. The number of furan rings is 1. The highest BCUT2D eigenvalue weighted by Crippen LogP contribution is 2.63. The molecule has 0 bridgehead atoms. The number of rotatable bonds is 4. The lowest BCUT2D eigenvalue weighted by Crippen LogP contribution is -2.26. The summed E-state index contributed by atoms with van der Waals surface area (Å²) >= 11 is 0. The Bertz CT molecular complexity index is 3470. The fraction of sp³-hybridized carbons (Fsp3) is 0.0175. The molecule has 2 heteroatoms. The van der Waals surface area contributed by atoms with Crippen LogP contribution in [0, 0.1) is 0 Å². The Kier molecular flexibility index (Phi) is 6.68. The summed E-state index contributed by atoms with van der Waals surface area (Å²) in [5.41, 5.74) is 17.6. The first kappa shape index (κ1) is 32.4. The topological polar surface area (TPSA) is 16.4 Å². The number of fused-ring (bicyclic) bond motifs is 15. The van der Waals surface area contributed by atoms with Crippen molar-refractivity contribution in [3.8, 4) is 33.4 Å². The van der Waals surface area contributed by atoms with Gasteiger partial charge < -0.3 is 9.32 Å². The predicted molar refractivity (Wildman–Crippen MR) is 245 cm³/mol. The van der Waals surface area contributed by atoms with E-state index in [1.807, 2.05) is 6.07 Å². The summed E-state index contributed by atoms with van der Waals surface area (Å²) in [6, 6.07) is 78.1. The van der Waals surface area contributed by atoms with E-state index in [1.165, 1.54) is 77.2 Å². The molecule has 1 aromatic heterocycles. The molecule has 0 saturated heterocycles. The summed E-state index contributed by atoms with van der Waals surface area (Å²) in [4.78, 5) is 2.45. The molecule has 2 nitrogen and oxygen atoms in total. The standard InChI is InChI=1S/C57H35NO/c1-2-15-42-36(13-1)14-11-20-43(42)39-28-27-38-34-40(30-29-37(38)33-39)58(53-24-12-26-55-56(53)48-19-6-10-25-54(48)59-55)41-31-32-47-46-18-5-9-23-51(46)57(52(47)35-41)49-21-7-3-16-44(49)45-17-4-8-22-50(45)57/h1-35H. The van der Waals surface area contributed by atoms with Gasteiger partial charge in [-0.15, -0.1) is 0 Å². The number of para-hydroxylation sites is 1.